The van der Waals surface area contributed by atoms with Crippen LogP contribution in [0, 0.1) is 0 Å². The molecule has 0 spiro atoms. The lowest BCUT2D eigenvalue weighted by Gasteiger charge is -2.18. The molecule has 0 N–H and O–H groups in total. The monoisotopic (exact) mass is 1040 g/mol. The Kier molecular flexibility index (Phi) is 59.8. The molecular formula is C69H118O6. The van der Waals surface area contributed by atoms with Gasteiger partial charge >= 0.3 is 17.9 Å². The molecule has 0 aromatic rings. The Morgan fingerprint density at radius 3 is 0.880 bits per heavy atom. The van der Waals surface area contributed by atoms with E-state index in [1.165, 1.54) is 135 Å². The van der Waals surface area contributed by atoms with Crippen molar-refractivity contribution in [1.29, 1.82) is 0 Å². The molecule has 0 aromatic heterocycles. The van der Waals surface area contributed by atoms with E-state index in [9.17, 15) is 14.4 Å². The van der Waals surface area contributed by atoms with Crippen LogP contribution in [0.3, 0.4) is 0 Å². The molecule has 1 atom stereocenters. The molecule has 0 radical (unpaired) electrons. The summed E-state index contributed by atoms with van der Waals surface area (Å²) in [5, 5.41) is 0. The molecule has 0 rings (SSSR count). The number of carbonyl (C=O) groups excluding carboxylic acids is 3. The van der Waals surface area contributed by atoms with Crippen molar-refractivity contribution in [3.05, 3.63) is 97.2 Å². The van der Waals surface area contributed by atoms with Crippen molar-refractivity contribution in [2.24, 2.45) is 0 Å². The highest BCUT2D eigenvalue weighted by atomic mass is 16.6. The smallest absolute Gasteiger partial charge is 0.306 e. The maximum absolute atomic E-state index is 12.8. The lowest BCUT2D eigenvalue weighted by atomic mass is 10.0. The van der Waals surface area contributed by atoms with Crippen LogP contribution in [0.15, 0.2) is 97.2 Å². The average molecular weight is 1040 g/mol. The molecule has 0 bridgehead atoms. The van der Waals surface area contributed by atoms with E-state index in [4.69, 9.17) is 14.2 Å². The number of hydrogen-bond acceptors (Lipinski definition) is 6. The van der Waals surface area contributed by atoms with Gasteiger partial charge in [-0.15, -0.1) is 0 Å². The summed E-state index contributed by atoms with van der Waals surface area (Å²) in [7, 11) is 0. The lowest BCUT2D eigenvalue weighted by Crippen LogP contribution is -2.30. The minimum Gasteiger partial charge on any atom is -0.462 e. The Morgan fingerprint density at radius 1 is 0.280 bits per heavy atom. The van der Waals surface area contributed by atoms with Crippen LogP contribution in [0.4, 0.5) is 0 Å². The molecule has 0 fully saturated rings. The van der Waals surface area contributed by atoms with Crippen molar-refractivity contribution in [3.8, 4) is 0 Å². The molecule has 6 heteroatoms. The average Bonchev–Trinajstić information content (AvgIpc) is 3.41. The van der Waals surface area contributed by atoms with Crippen LogP contribution < -0.4 is 0 Å². The number of esters is 3. The highest BCUT2D eigenvalue weighted by molar-refractivity contribution is 5.71. The summed E-state index contributed by atoms with van der Waals surface area (Å²) in [5.41, 5.74) is 0. The van der Waals surface area contributed by atoms with E-state index < -0.39 is 6.10 Å². The predicted octanol–water partition coefficient (Wildman–Crippen LogP) is 21.7. The van der Waals surface area contributed by atoms with Crippen LogP contribution in [0.1, 0.15) is 303 Å². The van der Waals surface area contributed by atoms with E-state index in [1.54, 1.807) is 0 Å². The van der Waals surface area contributed by atoms with E-state index in [2.05, 4.69) is 118 Å². The molecule has 0 aliphatic carbocycles. The molecule has 0 saturated heterocycles. The van der Waals surface area contributed by atoms with Gasteiger partial charge in [-0.25, -0.2) is 0 Å². The van der Waals surface area contributed by atoms with Gasteiger partial charge in [0.2, 0.25) is 0 Å². The van der Waals surface area contributed by atoms with Crippen molar-refractivity contribution in [1.82, 2.24) is 0 Å². The van der Waals surface area contributed by atoms with Crippen LogP contribution in [0.5, 0.6) is 0 Å². The van der Waals surface area contributed by atoms with E-state index in [-0.39, 0.29) is 31.1 Å². The van der Waals surface area contributed by atoms with E-state index in [1.807, 2.05) is 0 Å². The van der Waals surface area contributed by atoms with Crippen LogP contribution >= 0.6 is 0 Å². The summed E-state index contributed by atoms with van der Waals surface area (Å²) in [6.45, 7) is 6.44. The third kappa shape index (κ3) is 61.1. The normalized spacial score (nSPS) is 12.7. The Balaban J connectivity index is 4.17. The van der Waals surface area contributed by atoms with Gasteiger partial charge in [0, 0.05) is 19.3 Å². The Hall–Kier alpha value is -3.67. The Labute approximate surface area is 464 Å². The van der Waals surface area contributed by atoms with Crippen molar-refractivity contribution in [2.75, 3.05) is 13.2 Å². The van der Waals surface area contributed by atoms with Gasteiger partial charge in [-0.3, -0.25) is 14.4 Å². The van der Waals surface area contributed by atoms with Crippen molar-refractivity contribution < 1.29 is 28.6 Å². The first-order chi connectivity index (χ1) is 37.0. The molecule has 0 aliphatic heterocycles. The first-order valence-electron chi connectivity index (χ1n) is 31.7. The van der Waals surface area contributed by atoms with E-state index in [0.29, 0.717) is 19.3 Å². The molecule has 1 unspecified atom stereocenters. The highest BCUT2D eigenvalue weighted by Gasteiger charge is 2.19. The van der Waals surface area contributed by atoms with Gasteiger partial charge in [-0.1, -0.05) is 266 Å². The van der Waals surface area contributed by atoms with Crippen LogP contribution in [0.25, 0.3) is 0 Å². The van der Waals surface area contributed by atoms with Crippen molar-refractivity contribution in [2.45, 2.75) is 309 Å². The topological polar surface area (TPSA) is 78.9 Å². The first-order valence-corrected chi connectivity index (χ1v) is 31.7. The summed E-state index contributed by atoms with van der Waals surface area (Å²) >= 11 is 0. The quantitative estimate of drug-likeness (QED) is 0.0261. The number of carbonyl (C=O) groups is 3. The minimum atomic E-state index is -0.787. The van der Waals surface area contributed by atoms with Gasteiger partial charge < -0.3 is 14.2 Å². The molecule has 0 heterocycles. The molecule has 430 valence electrons. The second-order valence-electron chi connectivity index (χ2n) is 20.9. The second kappa shape index (κ2) is 62.9. The van der Waals surface area contributed by atoms with Crippen molar-refractivity contribution >= 4 is 17.9 Å². The van der Waals surface area contributed by atoms with Gasteiger partial charge in [0.1, 0.15) is 13.2 Å². The molecule has 0 saturated carbocycles. The number of rotatable bonds is 57. The third-order valence-electron chi connectivity index (χ3n) is 13.5. The number of allylic oxidation sites excluding steroid dienone is 16. The van der Waals surface area contributed by atoms with Crippen LogP contribution in [0.2, 0.25) is 0 Å². The molecule has 0 aromatic carbocycles. The fourth-order valence-corrected chi connectivity index (χ4v) is 8.80. The predicted molar refractivity (Wildman–Crippen MR) is 325 cm³/mol. The summed E-state index contributed by atoms with van der Waals surface area (Å²) in [6.07, 6.45) is 84.2. The summed E-state index contributed by atoms with van der Waals surface area (Å²) in [4.78, 5) is 38.2. The zero-order valence-electron chi connectivity index (χ0n) is 49.3. The lowest BCUT2D eigenvalue weighted by molar-refractivity contribution is -0.167. The van der Waals surface area contributed by atoms with Gasteiger partial charge in [0.05, 0.1) is 0 Å². The van der Waals surface area contributed by atoms with Crippen LogP contribution in [-0.4, -0.2) is 37.2 Å². The second-order valence-corrected chi connectivity index (χ2v) is 20.9. The molecule has 0 aliphatic rings. The van der Waals surface area contributed by atoms with E-state index >= 15 is 0 Å². The van der Waals surface area contributed by atoms with Gasteiger partial charge in [-0.05, 0) is 116 Å². The number of hydrogen-bond donors (Lipinski definition) is 0. The SMILES string of the molecule is CC/C=C\C/C=C\C/C=C\C/C=C\C/C=C\CCCCCCCCCCCCCCCCCC(=O)OCC(COC(=O)CCCCCCC/C=C\CCCCCC)OC(=O)CCCCCCC/C=C\C/C=C\CCC. The molecule has 6 nitrogen and oxygen atoms in total. The largest absolute Gasteiger partial charge is 0.462 e. The zero-order chi connectivity index (χ0) is 54.3. The fourth-order valence-electron chi connectivity index (χ4n) is 8.80. The number of ether oxygens (including phenoxy) is 3. The zero-order valence-corrected chi connectivity index (χ0v) is 49.3. The third-order valence-corrected chi connectivity index (χ3v) is 13.5. The van der Waals surface area contributed by atoms with E-state index in [0.717, 1.165) is 128 Å². The summed E-state index contributed by atoms with van der Waals surface area (Å²) < 4.78 is 16.9. The summed E-state index contributed by atoms with van der Waals surface area (Å²) in [6, 6.07) is 0. The minimum absolute atomic E-state index is 0.0839. The maximum Gasteiger partial charge on any atom is 0.306 e. The van der Waals surface area contributed by atoms with Crippen LogP contribution in [-0.2, 0) is 28.6 Å². The molecule has 75 heavy (non-hydrogen) atoms. The van der Waals surface area contributed by atoms with Gasteiger partial charge in [0.15, 0.2) is 6.10 Å². The molecular weight excluding hydrogens is 925 g/mol. The van der Waals surface area contributed by atoms with Crippen molar-refractivity contribution in [3.63, 3.8) is 0 Å². The Morgan fingerprint density at radius 2 is 0.547 bits per heavy atom. The first kappa shape index (κ1) is 71.3. The number of unbranched alkanes of at least 4 members (excludes halogenated alkanes) is 30. The summed E-state index contributed by atoms with van der Waals surface area (Å²) in [5.74, 6) is -0.900. The Bertz CT molecular complexity index is 1480. The highest BCUT2D eigenvalue weighted by Crippen LogP contribution is 2.16. The fraction of sp³-hybridized carbons (Fsp3) is 0.725. The van der Waals surface area contributed by atoms with Gasteiger partial charge in [-0.2, -0.15) is 0 Å². The molecule has 0 amide bonds. The maximum atomic E-state index is 12.8. The standard InChI is InChI=1S/C69H118O6/c1-4-7-10-13-16-19-22-25-26-27-28-29-30-31-32-33-34-35-36-37-38-39-40-41-42-45-47-50-53-56-59-62-68(71)74-65-66(75-69(72)63-60-57-54-51-48-44-24-21-18-15-12-9-6-3)64-73-67(70)61-58-55-52-49-46-43-23-20-17-14-11-8-5-2/h7,10,12,15-16,19-21,23-26,28-29,31-32,66H,4-6,8-9,11,13-14,17-18,22,27,30,33-65H2,1-3H3/b10-7-,15-12-,19-16-,23-20-,24-21-,26-25-,29-28-,32-31-. The van der Waals surface area contributed by atoms with Gasteiger partial charge in [0.25, 0.3) is 0 Å².